The molecule has 2 heterocycles. The van der Waals surface area contributed by atoms with Crippen LogP contribution in [0.15, 0.2) is 16.9 Å². The van der Waals surface area contributed by atoms with Gasteiger partial charge in [-0.2, -0.15) is 14.6 Å². The number of hydrogen-bond acceptors (Lipinski definition) is 5. The van der Waals surface area contributed by atoms with Crippen LogP contribution in [0.4, 0.5) is 4.39 Å². The first-order valence-electron chi connectivity index (χ1n) is 7.88. The van der Waals surface area contributed by atoms with Gasteiger partial charge in [0.15, 0.2) is 12.3 Å². The third-order valence-electron chi connectivity index (χ3n) is 4.01. The lowest BCUT2D eigenvalue weighted by Crippen LogP contribution is -2.20. The third kappa shape index (κ3) is 3.46. The van der Waals surface area contributed by atoms with Crippen LogP contribution in [0.3, 0.4) is 0 Å². The summed E-state index contributed by atoms with van der Waals surface area (Å²) in [4.78, 5) is 19.1. The lowest BCUT2D eigenvalue weighted by molar-refractivity contribution is 0.245. The maximum atomic E-state index is 14.3. The Bertz CT molecular complexity index is 1100. The summed E-state index contributed by atoms with van der Waals surface area (Å²) in [5, 5.41) is 4.69. The molecule has 1 aromatic carbocycles. The highest BCUT2D eigenvalue weighted by molar-refractivity contribution is 7.27. The maximum Gasteiger partial charge on any atom is 0.352 e. The summed E-state index contributed by atoms with van der Waals surface area (Å²) < 4.78 is 25.5. The zero-order chi connectivity index (χ0) is 19.7. The monoisotopic (exact) mass is 384 g/mol. The molecule has 3 aromatic rings. The number of benzene rings is 1. The molecule has 7 nitrogen and oxygen atoms in total. The summed E-state index contributed by atoms with van der Waals surface area (Å²) in [7, 11) is 7.66. The van der Waals surface area contributed by atoms with Crippen LogP contribution in [0, 0.1) is 25.1 Å². The van der Waals surface area contributed by atoms with E-state index in [1.54, 1.807) is 19.9 Å². The molecule has 0 saturated heterocycles. The van der Waals surface area contributed by atoms with Crippen molar-refractivity contribution in [1.29, 1.82) is 0 Å². The Morgan fingerprint density at radius 2 is 2.26 bits per heavy atom. The zero-order valence-electron chi connectivity index (χ0n) is 14.6. The second-order valence-corrected chi connectivity index (χ2v) is 6.38. The van der Waals surface area contributed by atoms with Crippen molar-refractivity contribution in [2.24, 2.45) is 0 Å². The van der Waals surface area contributed by atoms with Gasteiger partial charge in [0.1, 0.15) is 11.5 Å². The molecule has 0 saturated carbocycles. The molecule has 27 heavy (non-hydrogen) atoms. The number of nitrogens with one attached hydrogen (secondary N) is 1. The minimum Gasteiger partial charge on any atom is -0.451 e. The van der Waals surface area contributed by atoms with Crippen LogP contribution in [-0.2, 0) is 4.65 Å². The van der Waals surface area contributed by atoms with Gasteiger partial charge in [0.25, 0.3) is 8.05 Å². The number of H-pyrrole nitrogens is 1. The average Bonchev–Trinajstić information content (AvgIpc) is 3.03. The Hall–Kier alpha value is -2.69. The van der Waals surface area contributed by atoms with Gasteiger partial charge < -0.3 is 9.39 Å². The Morgan fingerprint density at radius 3 is 2.89 bits per heavy atom. The number of hydrogen-bond donors (Lipinski definition) is 1. The van der Waals surface area contributed by atoms with E-state index in [1.807, 2.05) is 0 Å². The smallest absolute Gasteiger partial charge is 0.352 e. The molecule has 2 atom stereocenters. The quantitative estimate of drug-likeness (QED) is 0.406. The lowest BCUT2D eigenvalue weighted by Gasteiger charge is -2.11. The fourth-order valence-electron chi connectivity index (χ4n) is 2.64. The van der Waals surface area contributed by atoms with E-state index in [2.05, 4.69) is 30.2 Å². The van der Waals surface area contributed by atoms with Crippen LogP contribution >= 0.6 is 9.24 Å². The first-order chi connectivity index (χ1) is 12.9. The second kappa shape index (κ2) is 7.51. The highest BCUT2D eigenvalue weighted by atomic mass is 31.0. The van der Waals surface area contributed by atoms with E-state index in [0.29, 0.717) is 27.7 Å². The summed E-state index contributed by atoms with van der Waals surface area (Å²) in [5.41, 5.74) is 1.50. The molecule has 10 heteroatoms. The predicted molar refractivity (Wildman–Crippen MR) is 103 cm³/mol. The Kier molecular flexibility index (Phi) is 5.31. The van der Waals surface area contributed by atoms with Gasteiger partial charge in [-0.1, -0.05) is 12.0 Å². The number of aromatic amines is 1. The Morgan fingerprint density at radius 1 is 1.52 bits per heavy atom. The van der Waals surface area contributed by atoms with Crippen molar-refractivity contribution in [3.05, 3.63) is 39.7 Å². The summed E-state index contributed by atoms with van der Waals surface area (Å²) in [6.45, 7) is 3.35. The molecule has 0 spiro atoms. The molecule has 0 amide bonds. The predicted octanol–water partition coefficient (Wildman–Crippen LogP) is 1.21. The van der Waals surface area contributed by atoms with Crippen molar-refractivity contribution < 1.29 is 13.8 Å². The fourth-order valence-corrected chi connectivity index (χ4v) is 2.81. The number of nitrogens with zero attached hydrogens (tertiary/aromatic N) is 3. The number of fused-ring (bicyclic) bond motifs is 1. The van der Waals surface area contributed by atoms with Crippen LogP contribution in [0.5, 0.6) is 6.01 Å². The first kappa shape index (κ1) is 19.1. The number of halogens is 1. The van der Waals surface area contributed by atoms with Crippen LogP contribution < -0.4 is 15.7 Å². The van der Waals surface area contributed by atoms with Gasteiger partial charge in [0, 0.05) is 5.30 Å². The van der Waals surface area contributed by atoms with Crippen LogP contribution in [0.2, 0.25) is 0 Å². The largest absolute Gasteiger partial charge is 0.451 e. The highest BCUT2D eigenvalue weighted by Gasteiger charge is 2.23. The molecule has 3 rings (SSSR count). The van der Waals surface area contributed by atoms with Crippen molar-refractivity contribution >= 4 is 28.2 Å². The summed E-state index contributed by atoms with van der Waals surface area (Å²) >= 11 is 0. The molecule has 2 radical (unpaired) electrons. The van der Waals surface area contributed by atoms with E-state index in [9.17, 15) is 9.18 Å². The molecule has 0 bridgehead atoms. The van der Waals surface area contributed by atoms with E-state index in [4.69, 9.17) is 23.9 Å². The zero-order valence-corrected chi connectivity index (χ0v) is 15.8. The summed E-state index contributed by atoms with van der Waals surface area (Å²) in [6, 6.07) is 3.03. The minimum absolute atomic E-state index is 0.0701. The molecule has 1 N–H and O–H groups in total. The van der Waals surface area contributed by atoms with Gasteiger partial charge in [-0.05, 0) is 31.0 Å². The van der Waals surface area contributed by atoms with E-state index in [-0.39, 0.29) is 18.3 Å². The molecular weight excluding hydrogens is 369 g/mol. The van der Waals surface area contributed by atoms with Crippen LogP contribution in [-0.4, -0.2) is 34.2 Å². The second-order valence-electron chi connectivity index (χ2n) is 5.80. The SMILES string of the molecule is [B]OC(C)c1nn2c(=O)[nH]c(OCC#C)nc2c1-c1cc(C)c(P)c(F)c1. The number of rotatable bonds is 5. The van der Waals surface area contributed by atoms with Crippen molar-refractivity contribution in [2.45, 2.75) is 20.0 Å². The van der Waals surface area contributed by atoms with Crippen molar-refractivity contribution in [1.82, 2.24) is 19.6 Å². The lowest BCUT2D eigenvalue weighted by atomic mass is 10.0. The molecule has 0 aliphatic rings. The van der Waals surface area contributed by atoms with E-state index < -0.39 is 17.6 Å². The molecule has 2 aromatic heterocycles. The minimum atomic E-state index is -0.671. The molecule has 2 unspecified atom stereocenters. The Balaban J connectivity index is 2.35. The van der Waals surface area contributed by atoms with Gasteiger partial charge in [-0.15, -0.1) is 15.7 Å². The van der Waals surface area contributed by atoms with E-state index in [1.165, 1.54) is 6.07 Å². The van der Waals surface area contributed by atoms with Gasteiger partial charge in [0.05, 0.1) is 11.7 Å². The average molecular weight is 384 g/mol. The van der Waals surface area contributed by atoms with Crippen LogP contribution in [0.25, 0.3) is 16.8 Å². The number of aryl methyl sites for hydroxylation is 1. The normalized spacial score (nSPS) is 12.1. The van der Waals surface area contributed by atoms with Gasteiger partial charge >= 0.3 is 11.7 Å². The number of ether oxygens (including phenoxy) is 1. The third-order valence-corrected chi connectivity index (χ3v) is 4.74. The first-order valence-corrected chi connectivity index (χ1v) is 8.45. The van der Waals surface area contributed by atoms with Crippen molar-refractivity contribution in [2.75, 3.05) is 6.61 Å². The molecular formula is C17H15BFN4O3P. The van der Waals surface area contributed by atoms with Crippen molar-refractivity contribution in [3.63, 3.8) is 0 Å². The van der Waals surface area contributed by atoms with E-state index >= 15 is 0 Å². The highest BCUT2D eigenvalue weighted by Crippen LogP contribution is 2.33. The molecule has 0 aliphatic carbocycles. The number of terminal acetylenes is 1. The van der Waals surface area contributed by atoms with E-state index in [0.717, 1.165) is 4.52 Å². The topological polar surface area (TPSA) is 81.5 Å². The molecule has 0 aliphatic heterocycles. The standard InChI is InChI=1S/C17H15BFN4O3P/c1-4-5-25-16-20-15-12(10-6-8(2)14(27)11(19)7-10)13(9(3)26-18)22-23(15)17(24)21-16/h1,6-7,9H,5,27H2,2-3H3,(H,20,21,24). The summed E-state index contributed by atoms with van der Waals surface area (Å²) in [6.07, 6.45) is 4.50. The summed E-state index contributed by atoms with van der Waals surface area (Å²) in [5.74, 6) is 1.87. The van der Waals surface area contributed by atoms with Gasteiger partial charge in [-0.25, -0.2) is 9.18 Å². The van der Waals surface area contributed by atoms with Gasteiger partial charge in [0.2, 0.25) is 0 Å². The fraction of sp³-hybridized carbons (Fsp3) is 0.235. The van der Waals surface area contributed by atoms with Crippen LogP contribution in [0.1, 0.15) is 24.3 Å². The maximum absolute atomic E-state index is 14.3. The molecule has 0 fully saturated rings. The van der Waals surface area contributed by atoms with Gasteiger partial charge in [-0.3, -0.25) is 4.98 Å². The van der Waals surface area contributed by atoms with Crippen molar-refractivity contribution in [3.8, 4) is 29.5 Å². The Labute approximate surface area is 157 Å². The number of aromatic nitrogens is 4. The molecule has 136 valence electrons.